The predicted octanol–water partition coefficient (Wildman–Crippen LogP) is 0.775. The number of nitrogens with one attached hydrogen (secondary N) is 2. The highest BCUT2D eigenvalue weighted by atomic mass is 16.5. The van der Waals surface area contributed by atoms with E-state index in [9.17, 15) is 9.90 Å². The number of nitrogens with zero attached hydrogens (tertiary/aromatic N) is 2. The molecule has 1 aromatic heterocycles. The van der Waals surface area contributed by atoms with Crippen LogP contribution in [0.4, 0.5) is 0 Å². The molecule has 21 heavy (non-hydrogen) atoms. The molecule has 3 rings (SSSR count). The molecular formula is C14H22N4O3. The normalized spacial score (nSPS) is 29.5. The molecule has 1 saturated carbocycles. The zero-order chi connectivity index (χ0) is 14.7. The summed E-state index contributed by atoms with van der Waals surface area (Å²) in [6, 6.07) is 0.0764. The van der Waals surface area contributed by atoms with Crippen LogP contribution >= 0.6 is 0 Å². The Labute approximate surface area is 123 Å². The van der Waals surface area contributed by atoms with Gasteiger partial charge in [-0.2, -0.15) is 4.98 Å². The maximum atomic E-state index is 12.0. The van der Waals surface area contributed by atoms with Crippen molar-refractivity contribution in [1.82, 2.24) is 20.8 Å². The lowest BCUT2D eigenvalue weighted by molar-refractivity contribution is 0.0864. The third-order valence-corrected chi connectivity index (χ3v) is 4.31. The van der Waals surface area contributed by atoms with Crippen LogP contribution in [0.1, 0.15) is 61.1 Å². The first kappa shape index (κ1) is 14.5. The first-order chi connectivity index (χ1) is 10.2. The number of hydrogen-bond acceptors (Lipinski definition) is 6. The molecule has 3 N–H and O–H groups in total. The molecule has 1 aliphatic carbocycles. The van der Waals surface area contributed by atoms with Crippen molar-refractivity contribution < 1.29 is 14.4 Å². The molecule has 1 aliphatic heterocycles. The van der Waals surface area contributed by atoms with Gasteiger partial charge in [-0.25, -0.2) is 0 Å². The molecule has 7 nitrogen and oxygen atoms in total. The van der Waals surface area contributed by atoms with Crippen molar-refractivity contribution in [1.29, 1.82) is 0 Å². The maximum Gasteiger partial charge on any atom is 0.292 e. The minimum Gasteiger partial charge on any atom is -0.393 e. The summed E-state index contributed by atoms with van der Waals surface area (Å²) >= 11 is 0. The minimum absolute atomic E-state index is 0.0764. The summed E-state index contributed by atoms with van der Waals surface area (Å²) in [5.41, 5.74) is 0. The quantitative estimate of drug-likeness (QED) is 0.758. The summed E-state index contributed by atoms with van der Waals surface area (Å²) in [6.45, 7) is 1.50. The average molecular weight is 294 g/mol. The second kappa shape index (κ2) is 6.53. The van der Waals surface area contributed by atoms with Crippen molar-refractivity contribution in [3.05, 3.63) is 11.7 Å². The van der Waals surface area contributed by atoms with Crippen molar-refractivity contribution in [3.63, 3.8) is 0 Å². The lowest BCUT2D eigenvalue weighted by Crippen LogP contribution is -2.33. The fourth-order valence-electron chi connectivity index (χ4n) is 3.13. The van der Waals surface area contributed by atoms with Crippen LogP contribution in [0.25, 0.3) is 0 Å². The first-order valence-corrected chi connectivity index (χ1v) is 7.75. The molecular weight excluding hydrogens is 272 g/mol. The Morgan fingerprint density at radius 2 is 2.29 bits per heavy atom. The van der Waals surface area contributed by atoms with E-state index in [-0.39, 0.29) is 23.9 Å². The van der Waals surface area contributed by atoms with Crippen LogP contribution in [0.3, 0.4) is 0 Å². The topological polar surface area (TPSA) is 100 Å². The number of hydrogen-bond donors (Lipinski definition) is 3. The predicted molar refractivity (Wildman–Crippen MR) is 74.6 cm³/mol. The largest absolute Gasteiger partial charge is 0.393 e. The second-order valence-electron chi connectivity index (χ2n) is 6.00. The monoisotopic (exact) mass is 294 g/mol. The Balaban J connectivity index is 1.50. The molecule has 2 heterocycles. The van der Waals surface area contributed by atoms with E-state index >= 15 is 0 Å². The van der Waals surface area contributed by atoms with Crippen LogP contribution < -0.4 is 10.6 Å². The van der Waals surface area contributed by atoms with Gasteiger partial charge in [-0.1, -0.05) is 11.6 Å². The standard InChI is InChI=1S/C14H22N4O3/c19-10-4-1-3-9(7-10)8-16-13(20)12-17-14(21-18-12)11-5-2-6-15-11/h9-11,15,19H,1-8H2,(H,16,20). The molecule has 1 saturated heterocycles. The van der Waals surface area contributed by atoms with Gasteiger partial charge in [0.15, 0.2) is 0 Å². The van der Waals surface area contributed by atoms with Crippen molar-refractivity contribution in [3.8, 4) is 0 Å². The van der Waals surface area contributed by atoms with Crippen molar-refractivity contribution >= 4 is 5.91 Å². The Kier molecular flexibility index (Phi) is 4.50. The summed E-state index contributed by atoms with van der Waals surface area (Å²) < 4.78 is 5.15. The van der Waals surface area contributed by atoms with Crippen LogP contribution in [-0.4, -0.2) is 40.3 Å². The highest BCUT2D eigenvalue weighted by molar-refractivity contribution is 5.90. The summed E-state index contributed by atoms with van der Waals surface area (Å²) in [4.78, 5) is 16.2. The molecule has 3 unspecified atom stereocenters. The van der Waals surface area contributed by atoms with Crippen LogP contribution in [-0.2, 0) is 0 Å². The number of aliphatic hydroxyl groups is 1. The van der Waals surface area contributed by atoms with Crippen molar-refractivity contribution in [2.75, 3.05) is 13.1 Å². The maximum absolute atomic E-state index is 12.0. The van der Waals surface area contributed by atoms with Crippen LogP contribution in [0.2, 0.25) is 0 Å². The van der Waals surface area contributed by atoms with E-state index in [2.05, 4.69) is 20.8 Å². The summed E-state index contributed by atoms with van der Waals surface area (Å²) in [5.74, 6) is 0.615. The number of carbonyl (C=O) groups excluding carboxylic acids is 1. The molecule has 0 aromatic carbocycles. The van der Waals surface area contributed by atoms with Crippen molar-refractivity contribution in [2.24, 2.45) is 5.92 Å². The summed E-state index contributed by atoms with van der Waals surface area (Å²) in [5, 5.41) is 19.5. The van der Waals surface area contributed by atoms with Gasteiger partial charge in [-0.3, -0.25) is 4.79 Å². The fraction of sp³-hybridized carbons (Fsp3) is 0.786. The lowest BCUT2D eigenvalue weighted by atomic mass is 9.87. The third kappa shape index (κ3) is 3.59. The Hall–Kier alpha value is -1.47. The molecule has 3 atom stereocenters. The molecule has 2 aliphatic rings. The SMILES string of the molecule is O=C(NCC1CCCC(O)C1)c1noc(C2CCCN2)n1. The molecule has 0 bridgehead atoms. The average Bonchev–Trinajstić information content (AvgIpc) is 3.15. The van der Waals surface area contributed by atoms with Gasteiger partial charge in [0.1, 0.15) is 0 Å². The van der Waals surface area contributed by atoms with Gasteiger partial charge in [0.25, 0.3) is 11.7 Å². The Morgan fingerprint density at radius 3 is 3.05 bits per heavy atom. The summed E-state index contributed by atoms with van der Waals surface area (Å²) in [7, 11) is 0. The van der Waals surface area contributed by atoms with Gasteiger partial charge in [0, 0.05) is 6.54 Å². The molecule has 1 amide bonds. The second-order valence-corrected chi connectivity index (χ2v) is 6.00. The van der Waals surface area contributed by atoms with Crippen LogP contribution in [0, 0.1) is 5.92 Å². The third-order valence-electron chi connectivity index (χ3n) is 4.31. The zero-order valence-electron chi connectivity index (χ0n) is 12.0. The van der Waals surface area contributed by atoms with Gasteiger partial charge in [0.2, 0.25) is 5.89 Å². The van der Waals surface area contributed by atoms with E-state index in [0.29, 0.717) is 18.4 Å². The molecule has 1 aromatic rings. The lowest BCUT2D eigenvalue weighted by Gasteiger charge is -2.25. The minimum atomic E-state index is -0.303. The van der Waals surface area contributed by atoms with Crippen LogP contribution in [0.15, 0.2) is 4.52 Å². The fourth-order valence-corrected chi connectivity index (χ4v) is 3.13. The van der Waals surface area contributed by atoms with Gasteiger partial charge in [-0.05, 0) is 44.6 Å². The molecule has 7 heteroatoms. The highest BCUT2D eigenvalue weighted by Gasteiger charge is 2.25. The smallest absolute Gasteiger partial charge is 0.292 e. The van der Waals surface area contributed by atoms with E-state index in [0.717, 1.165) is 45.1 Å². The Bertz CT molecular complexity index is 484. The van der Waals surface area contributed by atoms with Gasteiger partial charge < -0.3 is 20.3 Å². The van der Waals surface area contributed by atoms with Crippen molar-refractivity contribution in [2.45, 2.75) is 50.7 Å². The number of carbonyl (C=O) groups is 1. The highest BCUT2D eigenvalue weighted by Crippen LogP contribution is 2.24. The molecule has 0 spiro atoms. The van der Waals surface area contributed by atoms with E-state index in [1.165, 1.54) is 0 Å². The van der Waals surface area contributed by atoms with E-state index < -0.39 is 0 Å². The summed E-state index contributed by atoms with van der Waals surface area (Å²) in [6.07, 6.45) is 5.49. The molecule has 0 radical (unpaired) electrons. The Morgan fingerprint density at radius 1 is 1.38 bits per heavy atom. The number of aliphatic hydroxyl groups excluding tert-OH is 1. The molecule has 116 valence electrons. The molecule has 2 fully saturated rings. The number of amides is 1. The van der Waals surface area contributed by atoms with E-state index in [4.69, 9.17) is 4.52 Å². The zero-order valence-corrected chi connectivity index (χ0v) is 12.0. The van der Waals surface area contributed by atoms with E-state index in [1.807, 2.05) is 0 Å². The van der Waals surface area contributed by atoms with Gasteiger partial charge >= 0.3 is 0 Å². The van der Waals surface area contributed by atoms with E-state index in [1.54, 1.807) is 0 Å². The van der Waals surface area contributed by atoms with Gasteiger partial charge in [-0.15, -0.1) is 0 Å². The van der Waals surface area contributed by atoms with Gasteiger partial charge in [0.05, 0.1) is 12.1 Å². The van der Waals surface area contributed by atoms with Crippen LogP contribution in [0.5, 0.6) is 0 Å². The first-order valence-electron chi connectivity index (χ1n) is 7.75. The number of rotatable bonds is 4. The number of aromatic nitrogens is 2.